The Kier molecular flexibility index (Phi) is 4.33. The summed E-state index contributed by atoms with van der Waals surface area (Å²) < 4.78 is 7.56. The summed E-state index contributed by atoms with van der Waals surface area (Å²) in [4.78, 5) is 16.2. The van der Waals surface area contributed by atoms with Crippen molar-refractivity contribution in [1.82, 2.24) is 25.2 Å². The molecule has 3 rings (SSSR count). The Balaban J connectivity index is 1.59. The van der Waals surface area contributed by atoms with Gasteiger partial charge < -0.3 is 9.84 Å². The van der Waals surface area contributed by atoms with Crippen molar-refractivity contribution in [1.29, 1.82) is 0 Å². The quantitative estimate of drug-likeness (QED) is 0.909. The molecule has 0 atom stereocenters. The van der Waals surface area contributed by atoms with Crippen LogP contribution >= 0.6 is 15.9 Å². The summed E-state index contributed by atoms with van der Waals surface area (Å²) in [6, 6.07) is 0.226. The summed E-state index contributed by atoms with van der Waals surface area (Å²) in [6.07, 6.45) is 9.09. The molecule has 0 aliphatic heterocycles. The maximum atomic E-state index is 12.0. The molecule has 2 aromatic rings. The summed E-state index contributed by atoms with van der Waals surface area (Å²) in [6.45, 7) is 0.367. The first-order valence-electron chi connectivity index (χ1n) is 7.02. The molecular weight excluding hydrogens is 338 g/mol. The first-order chi connectivity index (χ1) is 10.2. The molecule has 1 fully saturated rings. The lowest BCUT2D eigenvalue weighted by Crippen LogP contribution is -2.36. The fourth-order valence-corrected chi connectivity index (χ4v) is 2.80. The van der Waals surface area contributed by atoms with Gasteiger partial charge in [0.25, 0.3) is 0 Å². The Bertz CT molecular complexity index is 618. The second-order valence-corrected chi connectivity index (χ2v) is 6.10. The number of hydrogen-bond acceptors (Lipinski definition) is 5. The van der Waals surface area contributed by atoms with Gasteiger partial charge in [-0.2, -0.15) is 10.1 Å². The van der Waals surface area contributed by atoms with E-state index in [4.69, 9.17) is 4.52 Å². The van der Waals surface area contributed by atoms with Crippen LogP contribution in [0.2, 0.25) is 0 Å². The Morgan fingerprint density at radius 1 is 1.43 bits per heavy atom. The number of nitrogens with zero attached hydrogens (tertiary/aromatic N) is 4. The van der Waals surface area contributed by atoms with Crippen molar-refractivity contribution in [2.75, 3.05) is 0 Å². The summed E-state index contributed by atoms with van der Waals surface area (Å²) in [7, 11) is 0. The lowest BCUT2D eigenvalue weighted by atomic mass is 9.95. The Hall–Kier alpha value is -1.70. The SMILES string of the molecule is O=C(NC1CCCCC1)c1nc(Cn2cc(Br)cn2)no1. The van der Waals surface area contributed by atoms with Gasteiger partial charge in [-0.3, -0.25) is 9.48 Å². The zero-order chi connectivity index (χ0) is 14.7. The largest absolute Gasteiger partial charge is 0.345 e. The fourth-order valence-electron chi connectivity index (χ4n) is 2.47. The predicted molar refractivity (Wildman–Crippen MR) is 77.7 cm³/mol. The predicted octanol–water partition coefficient (Wildman–Crippen LogP) is 2.14. The number of carbonyl (C=O) groups excluding carboxylic acids is 1. The van der Waals surface area contributed by atoms with Crippen LogP contribution in [0.25, 0.3) is 0 Å². The van der Waals surface area contributed by atoms with Crippen LogP contribution in [0.5, 0.6) is 0 Å². The Labute approximate surface area is 130 Å². The van der Waals surface area contributed by atoms with Gasteiger partial charge in [0, 0.05) is 12.2 Å². The minimum atomic E-state index is -0.290. The van der Waals surface area contributed by atoms with Gasteiger partial charge in [-0.05, 0) is 28.8 Å². The number of carbonyl (C=O) groups is 1. The number of amides is 1. The van der Waals surface area contributed by atoms with Gasteiger partial charge in [0.05, 0.1) is 10.7 Å². The standard InChI is InChI=1S/C13H16BrN5O2/c14-9-6-15-19(7-9)8-11-17-13(21-18-11)12(20)16-10-4-2-1-3-5-10/h6-7,10H,1-5,8H2,(H,16,20). The number of rotatable bonds is 4. The van der Waals surface area contributed by atoms with Crippen molar-refractivity contribution in [3.8, 4) is 0 Å². The van der Waals surface area contributed by atoms with Crippen LogP contribution in [-0.4, -0.2) is 31.9 Å². The molecule has 1 N–H and O–H groups in total. The Morgan fingerprint density at radius 2 is 2.24 bits per heavy atom. The molecule has 21 heavy (non-hydrogen) atoms. The molecule has 1 aliphatic rings. The average Bonchev–Trinajstić information content (AvgIpc) is 3.10. The van der Waals surface area contributed by atoms with Gasteiger partial charge in [-0.1, -0.05) is 24.4 Å². The van der Waals surface area contributed by atoms with Crippen molar-refractivity contribution in [3.05, 3.63) is 28.6 Å². The molecule has 0 bridgehead atoms. The summed E-state index contributed by atoms with van der Waals surface area (Å²) in [5.41, 5.74) is 0. The molecular formula is C13H16BrN5O2. The number of hydrogen-bond donors (Lipinski definition) is 1. The molecule has 0 radical (unpaired) electrons. The highest BCUT2D eigenvalue weighted by Crippen LogP contribution is 2.17. The third kappa shape index (κ3) is 3.69. The first-order valence-corrected chi connectivity index (χ1v) is 7.81. The van der Waals surface area contributed by atoms with Crippen LogP contribution in [-0.2, 0) is 6.54 Å². The number of aromatic nitrogens is 4. The normalized spacial score (nSPS) is 16.0. The van der Waals surface area contributed by atoms with Gasteiger partial charge in [0.15, 0.2) is 5.82 Å². The zero-order valence-electron chi connectivity index (χ0n) is 11.5. The lowest BCUT2D eigenvalue weighted by Gasteiger charge is -2.21. The van der Waals surface area contributed by atoms with Crippen LogP contribution < -0.4 is 5.32 Å². The van der Waals surface area contributed by atoms with Crippen molar-refractivity contribution in [2.45, 2.75) is 44.7 Å². The van der Waals surface area contributed by atoms with Crippen molar-refractivity contribution >= 4 is 21.8 Å². The van der Waals surface area contributed by atoms with E-state index < -0.39 is 0 Å². The van der Waals surface area contributed by atoms with Gasteiger partial charge in [-0.15, -0.1) is 0 Å². The van der Waals surface area contributed by atoms with Crippen LogP contribution in [0.15, 0.2) is 21.4 Å². The van der Waals surface area contributed by atoms with Crippen molar-refractivity contribution < 1.29 is 9.32 Å². The van der Waals surface area contributed by atoms with Gasteiger partial charge in [-0.25, -0.2) is 0 Å². The topological polar surface area (TPSA) is 85.8 Å². The molecule has 0 saturated heterocycles. The smallest absolute Gasteiger partial charge is 0.316 e. The van der Waals surface area contributed by atoms with Gasteiger partial charge >= 0.3 is 11.8 Å². The minimum Gasteiger partial charge on any atom is -0.345 e. The van der Waals surface area contributed by atoms with E-state index >= 15 is 0 Å². The molecule has 7 nitrogen and oxygen atoms in total. The van der Waals surface area contributed by atoms with E-state index in [0.717, 1.165) is 30.2 Å². The molecule has 0 unspecified atom stereocenters. The van der Waals surface area contributed by atoms with Gasteiger partial charge in [0.1, 0.15) is 6.54 Å². The minimum absolute atomic E-state index is 0.0156. The molecule has 0 aromatic carbocycles. The highest BCUT2D eigenvalue weighted by molar-refractivity contribution is 9.10. The van der Waals surface area contributed by atoms with Crippen LogP contribution in [0.3, 0.4) is 0 Å². The number of halogens is 1. The van der Waals surface area contributed by atoms with Crippen molar-refractivity contribution in [3.63, 3.8) is 0 Å². The average molecular weight is 354 g/mol. The molecule has 1 saturated carbocycles. The second-order valence-electron chi connectivity index (χ2n) is 5.18. The molecule has 1 amide bonds. The summed E-state index contributed by atoms with van der Waals surface area (Å²) in [5.74, 6) is 0.156. The Morgan fingerprint density at radius 3 is 2.95 bits per heavy atom. The maximum absolute atomic E-state index is 12.0. The fraction of sp³-hybridized carbons (Fsp3) is 0.538. The second kappa shape index (κ2) is 6.38. The van der Waals surface area contributed by atoms with Crippen LogP contribution in [0, 0.1) is 0 Å². The zero-order valence-corrected chi connectivity index (χ0v) is 13.0. The van der Waals surface area contributed by atoms with Crippen molar-refractivity contribution in [2.24, 2.45) is 0 Å². The molecule has 0 spiro atoms. The highest BCUT2D eigenvalue weighted by atomic mass is 79.9. The molecule has 8 heteroatoms. The summed E-state index contributed by atoms with van der Waals surface area (Å²) in [5, 5.41) is 10.9. The molecule has 2 aromatic heterocycles. The van der Waals surface area contributed by atoms with E-state index in [1.54, 1.807) is 17.1 Å². The maximum Gasteiger partial charge on any atom is 0.316 e. The highest BCUT2D eigenvalue weighted by Gasteiger charge is 2.21. The lowest BCUT2D eigenvalue weighted by molar-refractivity contribution is 0.0883. The molecule has 1 aliphatic carbocycles. The molecule has 2 heterocycles. The third-order valence-electron chi connectivity index (χ3n) is 3.51. The van der Waals surface area contributed by atoms with E-state index in [2.05, 4.69) is 36.5 Å². The summed E-state index contributed by atoms with van der Waals surface area (Å²) >= 11 is 3.32. The molecule has 112 valence electrons. The van der Waals surface area contributed by atoms with Crippen LogP contribution in [0.1, 0.15) is 48.6 Å². The van der Waals surface area contributed by atoms with E-state index in [-0.39, 0.29) is 17.8 Å². The van der Waals surface area contributed by atoms with E-state index in [0.29, 0.717) is 12.4 Å². The van der Waals surface area contributed by atoms with Crippen LogP contribution in [0.4, 0.5) is 0 Å². The van der Waals surface area contributed by atoms with E-state index in [1.807, 2.05) is 0 Å². The van der Waals surface area contributed by atoms with E-state index in [9.17, 15) is 4.79 Å². The first kappa shape index (κ1) is 14.2. The number of nitrogens with one attached hydrogen (secondary N) is 1. The third-order valence-corrected chi connectivity index (χ3v) is 3.92. The monoisotopic (exact) mass is 353 g/mol. The van der Waals surface area contributed by atoms with Gasteiger partial charge in [0.2, 0.25) is 0 Å². The van der Waals surface area contributed by atoms with E-state index in [1.165, 1.54) is 6.42 Å².